The Morgan fingerprint density at radius 1 is 1.08 bits per heavy atom. The number of nitrogens with one attached hydrogen (secondary N) is 1. The first-order valence-corrected chi connectivity index (χ1v) is 8.52. The van der Waals surface area contributed by atoms with E-state index >= 15 is 0 Å². The molecular formula is C20H21NO3. The SMILES string of the molecule is O=C(NCCc1ccc2c(c1)OCO2)C(c1ccccc1)C1CC1. The van der Waals surface area contributed by atoms with Crippen molar-refractivity contribution in [2.24, 2.45) is 5.92 Å². The molecule has 1 N–H and O–H groups in total. The zero-order valence-corrected chi connectivity index (χ0v) is 13.5. The largest absolute Gasteiger partial charge is 0.454 e. The summed E-state index contributed by atoms with van der Waals surface area (Å²) in [5, 5.41) is 3.11. The molecule has 4 nitrogen and oxygen atoms in total. The summed E-state index contributed by atoms with van der Waals surface area (Å²) < 4.78 is 10.7. The molecule has 1 aliphatic heterocycles. The lowest BCUT2D eigenvalue weighted by Crippen LogP contribution is -2.32. The molecule has 0 bridgehead atoms. The maximum Gasteiger partial charge on any atom is 0.231 e. The van der Waals surface area contributed by atoms with E-state index in [0.29, 0.717) is 12.5 Å². The topological polar surface area (TPSA) is 47.6 Å². The highest BCUT2D eigenvalue weighted by Crippen LogP contribution is 2.42. The fraction of sp³-hybridized carbons (Fsp3) is 0.350. The summed E-state index contributed by atoms with van der Waals surface area (Å²) in [6.07, 6.45) is 3.08. The number of carbonyl (C=O) groups is 1. The molecule has 1 heterocycles. The van der Waals surface area contributed by atoms with Crippen LogP contribution in [0.1, 0.15) is 29.9 Å². The lowest BCUT2D eigenvalue weighted by Gasteiger charge is -2.16. The van der Waals surface area contributed by atoms with E-state index < -0.39 is 0 Å². The molecule has 4 rings (SSSR count). The molecule has 1 saturated carbocycles. The van der Waals surface area contributed by atoms with Crippen LogP contribution >= 0.6 is 0 Å². The van der Waals surface area contributed by atoms with Crippen molar-refractivity contribution in [3.63, 3.8) is 0 Å². The van der Waals surface area contributed by atoms with Gasteiger partial charge in [-0.05, 0) is 48.4 Å². The van der Waals surface area contributed by atoms with Crippen molar-refractivity contribution in [1.29, 1.82) is 0 Å². The number of carbonyl (C=O) groups excluding carboxylic acids is 1. The normalized spacial score (nSPS) is 16.7. The van der Waals surface area contributed by atoms with Gasteiger partial charge in [0.25, 0.3) is 0 Å². The van der Waals surface area contributed by atoms with E-state index in [1.165, 1.54) is 0 Å². The summed E-state index contributed by atoms with van der Waals surface area (Å²) in [7, 11) is 0. The molecule has 0 saturated heterocycles. The van der Waals surface area contributed by atoms with Gasteiger partial charge in [-0.1, -0.05) is 36.4 Å². The van der Waals surface area contributed by atoms with Gasteiger partial charge in [0, 0.05) is 6.54 Å². The van der Waals surface area contributed by atoms with E-state index in [9.17, 15) is 4.79 Å². The molecule has 1 atom stereocenters. The van der Waals surface area contributed by atoms with Crippen molar-refractivity contribution in [1.82, 2.24) is 5.32 Å². The predicted molar refractivity (Wildman–Crippen MR) is 91.2 cm³/mol. The number of amides is 1. The molecule has 1 amide bonds. The summed E-state index contributed by atoms with van der Waals surface area (Å²) >= 11 is 0. The minimum absolute atomic E-state index is 0.0112. The van der Waals surface area contributed by atoms with Crippen molar-refractivity contribution in [3.8, 4) is 11.5 Å². The first-order chi connectivity index (χ1) is 11.8. The Labute approximate surface area is 141 Å². The van der Waals surface area contributed by atoms with Gasteiger partial charge in [0.2, 0.25) is 12.7 Å². The fourth-order valence-corrected chi connectivity index (χ4v) is 3.26. The number of ether oxygens (including phenoxy) is 2. The van der Waals surface area contributed by atoms with Crippen LogP contribution in [0, 0.1) is 5.92 Å². The molecule has 4 heteroatoms. The van der Waals surface area contributed by atoms with Crippen LogP contribution in [0.2, 0.25) is 0 Å². The van der Waals surface area contributed by atoms with Gasteiger partial charge in [0.1, 0.15) is 0 Å². The zero-order valence-electron chi connectivity index (χ0n) is 13.5. The molecule has 2 aliphatic rings. The third kappa shape index (κ3) is 3.23. The third-order valence-corrected chi connectivity index (χ3v) is 4.68. The molecule has 2 aromatic carbocycles. The highest BCUT2D eigenvalue weighted by Gasteiger charge is 2.36. The average Bonchev–Trinajstić information content (AvgIpc) is 3.32. The van der Waals surface area contributed by atoms with E-state index in [2.05, 4.69) is 17.4 Å². The molecule has 1 aliphatic carbocycles. The maximum absolute atomic E-state index is 12.6. The van der Waals surface area contributed by atoms with Gasteiger partial charge in [0.15, 0.2) is 11.5 Å². The van der Waals surface area contributed by atoms with Gasteiger partial charge in [0.05, 0.1) is 5.92 Å². The quantitative estimate of drug-likeness (QED) is 0.887. The molecule has 124 valence electrons. The second-order valence-electron chi connectivity index (χ2n) is 6.45. The van der Waals surface area contributed by atoms with Crippen molar-refractivity contribution in [2.45, 2.75) is 25.2 Å². The number of hydrogen-bond acceptors (Lipinski definition) is 3. The van der Waals surface area contributed by atoms with Crippen molar-refractivity contribution >= 4 is 5.91 Å². The van der Waals surface area contributed by atoms with Crippen molar-refractivity contribution in [2.75, 3.05) is 13.3 Å². The molecule has 0 spiro atoms. The van der Waals surface area contributed by atoms with Crippen molar-refractivity contribution < 1.29 is 14.3 Å². The first kappa shape index (κ1) is 15.1. The minimum atomic E-state index is -0.0112. The number of rotatable bonds is 6. The van der Waals surface area contributed by atoms with Gasteiger partial charge in [-0.2, -0.15) is 0 Å². The second kappa shape index (κ2) is 6.56. The third-order valence-electron chi connectivity index (χ3n) is 4.68. The van der Waals surface area contributed by atoms with Gasteiger partial charge in [-0.3, -0.25) is 4.79 Å². The summed E-state index contributed by atoms with van der Waals surface area (Å²) in [5.74, 6) is 2.21. The Morgan fingerprint density at radius 3 is 2.67 bits per heavy atom. The van der Waals surface area contributed by atoms with E-state index in [4.69, 9.17) is 9.47 Å². The van der Waals surface area contributed by atoms with E-state index in [1.807, 2.05) is 36.4 Å². The van der Waals surface area contributed by atoms with Crippen LogP contribution in [-0.4, -0.2) is 19.2 Å². The van der Waals surface area contributed by atoms with Crippen LogP contribution in [-0.2, 0) is 11.2 Å². The fourth-order valence-electron chi connectivity index (χ4n) is 3.26. The van der Waals surface area contributed by atoms with Gasteiger partial charge in [-0.15, -0.1) is 0 Å². The lowest BCUT2D eigenvalue weighted by atomic mass is 9.93. The number of benzene rings is 2. The van der Waals surface area contributed by atoms with Crippen molar-refractivity contribution in [3.05, 3.63) is 59.7 Å². The second-order valence-corrected chi connectivity index (χ2v) is 6.45. The average molecular weight is 323 g/mol. The highest BCUT2D eigenvalue weighted by atomic mass is 16.7. The molecule has 1 unspecified atom stereocenters. The molecule has 2 aromatic rings. The summed E-state index contributed by atoms with van der Waals surface area (Å²) in [4.78, 5) is 12.6. The first-order valence-electron chi connectivity index (χ1n) is 8.52. The Balaban J connectivity index is 1.35. The molecule has 1 fully saturated rings. The predicted octanol–water partition coefficient (Wildman–Crippen LogP) is 3.27. The minimum Gasteiger partial charge on any atom is -0.454 e. The lowest BCUT2D eigenvalue weighted by molar-refractivity contribution is -0.123. The number of fused-ring (bicyclic) bond motifs is 1. The van der Waals surface area contributed by atoms with Gasteiger partial charge < -0.3 is 14.8 Å². The van der Waals surface area contributed by atoms with E-state index in [0.717, 1.165) is 41.9 Å². The summed E-state index contributed by atoms with van der Waals surface area (Å²) in [5.41, 5.74) is 2.27. The summed E-state index contributed by atoms with van der Waals surface area (Å²) in [6.45, 7) is 0.921. The zero-order chi connectivity index (χ0) is 16.4. The Hall–Kier alpha value is -2.49. The van der Waals surface area contributed by atoms with E-state index in [-0.39, 0.29) is 18.6 Å². The number of hydrogen-bond donors (Lipinski definition) is 1. The van der Waals surface area contributed by atoms with Gasteiger partial charge in [-0.25, -0.2) is 0 Å². The van der Waals surface area contributed by atoms with Crippen LogP contribution < -0.4 is 14.8 Å². The van der Waals surface area contributed by atoms with Crippen LogP contribution in [0.4, 0.5) is 0 Å². The monoisotopic (exact) mass is 323 g/mol. The molecule has 0 aromatic heterocycles. The molecule has 24 heavy (non-hydrogen) atoms. The smallest absolute Gasteiger partial charge is 0.231 e. The Kier molecular flexibility index (Phi) is 4.11. The van der Waals surface area contributed by atoms with Crippen LogP contribution in [0.25, 0.3) is 0 Å². The molecular weight excluding hydrogens is 302 g/mol. The Bertz CT molecular complexity index is 725. The van der Waals surface area contributed by atoms with E-state index in [1.54, 1.807) is 0 Å². The maximum atomic E-state index is 12.6. The highest BCUT2D eigenvalue weighted by molar-refractivity contribution is 5.84. The van der Waals surface area contributed by atoms with Crippen LogP contribution in [0.3, 0.4) is 0 Å². The molecule has 0 radical (unpaired) electrons. The van der Waals surface area contributed by atoms with Crippen LogP contribution in [0.15, 0.2) is 48.5 Å². The summed E-state index contributed by atoms with van der Waals surface area (Å²) in [6, 6.07) is 16.1. The van der Waals surface area contributed by atoms with Crippen LogP contribution in [0.5, 0.6) is 11.5 Å². The Morgan fingerprint density at radius 2 is 1.88 bits per heavy atom. The van der Waals surface area contributed by atoms with Gasteiger partial charge >= 0.3 is 0 Å². The standard InChI is InChI=1S/C20H21NO3/c22-20(19(16-7-8-16)15-4-2-1-3-5-15)21-11-10-14-6-9-17-18(12-14)24-13-23-17/h1-6,9,12,16,19H,7-8,10-11,13H2,(H,21,22).